The third kappa shape index (κ3) is 4.47. The van der Waals surface area contributed by atoms with E-state index in [-0.39, 0.29) is 11.7 Å². The maximum atomic E-state index is 6.54. The van der Waals surface area contributed by atoms with E-state index in [0.717, 1.165) is 45.3 Å². The van der Waals surface area contributed by atoms with Crippen LogP contribution >= 0.6 is 0 Å². The standard InChI is InChI=1S/C29H28O4/c1-4-30-22-12-13-23(27(18-22)31-19-20-8-6-5-7-9-20)25-14-10-21-11-15-26-24(28(21)32-25)16-17-29(2,3)33-26/h5-18,25H,4,19H2,1-3H3. The first-order valence-corrected chi connectivity index (χ1v) is 11.4. The van der Waals surface area contributed by atoms with Crippen LogP contribution in [-0.2, 0) is 6.61 Å². The fourth-order valence-corrected chi connectivity index (χ4v) is 4.10. The predicted octanol–water partition coefficient (Wildman–Crippen LogP) is 7.00. The Morgan fingerprint density at radius 1 is 0.939 bits per heavy atom. The van der Waals surface area contributed by atoms with Gasteiger partial charge in [-0.25, -0.2) is 0 Å². The van der Waals surface area contributed by atoms with Gasteiger partial charge in [0.2, 0.25) is 0 Å². The molecule has 0 saturated carbocycles. The van der Waals surface area contributed by atoms with Gasteiger partial charge in [-0.1, -0.05) is 36.4 Å². The second-order valence-electron chi connectivity index (χ2n) is 8.74. The Morgan fingerprint density at radius 3 is 2.61 bits per heavy atom. The molecule has 4 heteroatoms. The molecule has 33 heavy (non-hydrogen) atoms. The molecule has 3 aromatic rings. The van der Waals surface area contributed by atoms with Gasteiger partial charge in [-0.15, -0.1) is 0 Å². The van der Waals surface area contributed by atoms with Crippen LogP contribution in [0.3, 0.4) is 0 Å². The van der Waals surface area contributed by atoms with Crippen LogP contribution in [0.25, 0.3) is 12.2 Å². The first kappa shape index (κ1) is 21.2. The number of hydrogen-bond donors (Lipinski definition) is 0. The molecule has 0 amide bonds. The van der Waals surface area contributed by atoms with Crippen LogP contribution in [0.4, 0.5) is 0 Å². The summed E-state index contributed by atoms with van der Waals surface area (Å²) in [6.07, 6.45) is 8.05. The van der Waals surface area contributed by atoms with Gasteiger partial charge in [0, 0.05) is 17.2 Å². The molecule has 3 aromatic carbocycles. The normalized spacial score (nSPS) is 17.4. The van der Waals surface area contributed by atoms with E-state index < -0.39 is 0 Å². The summed E-state index contributed by atoms with van der Waals surface area (Å²) in [6, 6.07) is 20.1. The van der Waals surface area contributed by atoms with Crippen molar-refractivity contribution in [2.45, 2.75) is 39.1 Å². The molecule has 0 saturated heterocycles. The minimum atomic E-state index is -0.335. The summed E-state index contributed by atoms with van der Waals surface area (Å²) in [5.41, 5.74) is 3.73. The Hall–Kier alpha value is -3.66. The Kier molecular flexibility index (Phi) is 5.59. The molecule has 1 atom stereocenters. The lowest BCUT2D eigenvalue weighted by Gasteiger charge is -2.31. The lowest BCUT2D eigenvalue weighted by atomic mass is 9.97. The molecule has 0 spiro atoms. The lowest BCUT2D eigenvalue weighted by molar-refractivity contribution is 0.157. The Bertz CT molecular complexity index is 1210. The summed E-state index contributed by atoms with van der Waals surface area (Å²) in [4.78, 5) is 0. The molecule has 5 rings (SSSR count). The topological polar surface area (TPSA) is 36.9 Å². The zero-order valence-electron chi connectivity index (χ0n) is 19.2. The molecule has 0 N–H and O–H groups in total. The quantitative estimate of drug-likeness (QED) is 0.414. The summed E-state index contributed by atoms with van der Waals surface area (Å²) in [7, 11) is 0. The third-order valence-corrected chi connectivity index (χ3v) is 5.75. The molecule has 2 aliphatic rings. The van der Waals surface area contributed by atoms with Gasteiger partial charge in [-0.05, 0) is 68.8 Å². The van der Waals surface area contributed by atoms with E-state index >= 15 is 0 Å². The first-order chi connectivity index (χ1) is 16.0. The molecule has 0 bridgehead atoms. The number of benzene rings is 3. The summed E-state index contributed by atoms with van der Waals surface area (Å²) in [5, 5.41) is 0. The maximum Gasteiger partial charge on any atom is 0.146 e. The zero-order valence-corrected chi connectivity index (χ0v) is 19.2. The smallest absolute Gasteiger partial charge is 0.146 e. The molecule has 2 heterocycles. The molecule has 1 unspecified atom stereocenters. The SMILES string of the molecule is CCOc1ccc(C2C=Cc3ccc4c(c3O2)C=CC(C)(C)O4)c(OCc2ccccc2)c1. The first-order valence-electron chi connectivity index (χ1n) is 11.4. The minimum absolute atomic E-state index is 0.284. The van der Waals surface area contributed by atoms with E-state index in [4.69, 9.17) is 18.9 Å². The predicted molar refractivity (Wildman–Crippen MR) is 131 cm³/mol. The highest BCUT2D eigenvalue weighted by Gasteiger charge is 2.28. The van der Waals surface area contributed by atoms with Gasteiger partial charge in [-0.3, -0.25) is 0 Å². The molecular weight excluding hydrogens is 412 g/mol. The van der Waals surface area contributed by atoms with Crippen LogP contribution in [0.1, 0.15) is 49.1 Å². The van der Waals surface area contributed by atoms with Gasteiger partial charge in [-0.2, -0.15) is 0 Å². The van der Waals surface area contributed by atoms with Crippen LogP contribution in [0.15, 0.2) is 72.8 Å². The van der Waals surface area contributed by atoms with Crippen molar-refractivity contribution in [2.24, 2.45) is 0 Å². The van der Waals surface area contributed by atoms with Crippen molar-refractivity contribution in [2.75, 3.05) is 6.61 Å². The largest absolute Gasteiger partial charge is 0.494 e. The Labute approximate surface area is 195 Å². The third-order valence-electron chi connectivity index (χ3n) is 5.75. The lowest BCUT2D eigenvalue weighted by Crippen LogP contribution is -2.27. The van der Waals surface area contributed by atoms with Gasteiger partial charge < -0.3 is 18.9 Å². The number of ether oxygens (including phenoxy) is 4. The van der Waals surface area contributed by atoms with Crippen molar-refractivity contribution in [3.05, 3.63) is 95.1 Å². The molecule has 4 nitrogen and oxygen atoms in total. The summed E-state index contributed by atoms with van der Waals surface area (Å²) < 4.78 is 24.7. The Morgan fingerprint density at radius 2 is 1.79 bits per heavy atom. The summed E-state index contributed by atoms with van der Waals surface area (Å²) in [6.45, 7) is 7.14. The Balaban J connectivity index is 1.46. The van der Waals surface area contributed by atoms with Crippen LogP contribution in [-0.4, -0.2) is 12.2 Å². The summed E-state index contributed by atoms with van der Waals surface area (Å²) >= 11 is 0. The van der Waals surface area contributed by atoms with Gasteiger partial charge in [0.25, 0.3) is 0 Å². The number of fused-ring (bicyclic) bond motifs is 3. The van der Waals surface area contributed by atoms with Crippen LogP contribution in [0.5, 0.6) is 23.0 Å². The molecule has 168 valence electrons. The number of rotatable bonds is 6. The second kappa shape index (κ2) is 8.70. The van der Waals surface area contributed by atoms with E-state index in [2.05, 4.69) is 36.4 Å². The highest BCUT2D eigenvalue weighted by Crippen LogP contribution is 2.45. The van der Waals surface area contributed by atoms with Crippen LogP contribution < -0.4 is 18.9 Å². The molecule has 2 aliphatic heterocycles. The summed E-state index contributed by atoms with van der Waals surface area (Å²) in [5.74, 6) is 3.19. The fourth-order valence-electron chi connectivity index (χ4n) is 4.10. The molecule has 0 radical (unpaired) electrons. The van der Waals surface area contributed by atoms with Crippen molar-refractivity contribution in [1.82, 2.24) is 0 Å². The molecule has 0 aromatic heterocycles. The van der Waals surface area contributed by atoms with Gasteiger partial charge in [0.15, 0.2) is 0 Å². The van der Waals surface area contributed by atoms with Crippen molar-refractivity contribution < 1.29 is 18.9 Å². The van der Waals surface area contributed by atoms with E-state index in [9.17, 15) is 0 Å². The average molecular weight is 441 g/mol. The highest BCUT2D eigenvalue weighted by atomic mass is 16.5. The zero-order chi connectivity index (χ0) is 22.8. The van der Waals surface area contributed by atoms with E-state index in [0.29, 0.717) is 13.2 Å². The van der Waals surface area contributed by atoms with Gasteiger partial charge >= 0.3 is 0 Å². The van der Waals surface area contributed by atoms with Crippen molar-refractivity contribution in [3.63, 3.8) is 0 Å². The van der Waals surface area contributed by atoms with Crippen molar-refractivity contribution >= 4 is 12.2 Å². The average Bonchev–Trinajstić information content (AvgIpc) is 2.82. The monoisotopic (exact) mass is 440 g/mol. The van der Waals surface area contributed by atoms with Gasteiger partial charge in [0.05, 0.1) is 12.2 Å². The van der Waals surface area contributed by atoms with E-state index in [1.165, 1.54) is 0 Å². The molecule has 0 aliphatic carbocycles. The van der Waals surface area contributed by atoms with Crippen LogP contribution in [0.2, 0.25) is 0 Å². The van der Waals surface area contributed by atoms with E-state index in [1.54, 1.807) is 0 Å². The van der Waals surface area contributed by atoms with E-state index in [1.807, 2.05) is 69.3 Å². The number of hydrogen-bond acceptors (Lipinski definition) is 4. The highest BCUT2D eigenvalue weighted by molar-refractivity contribution is 5.75. The maximum absolute atomic E-state index is 6.54. The minimum Gasteiger partial charge on any atom is -0.494 e. The van der Waals surface area contributed by atoms with Crippen molar-refractivity contribution in [1.29, 1.82) is 0 Å². The second-order valence-corrected chi connectivity index (χ2v) is 8.74. The molecular formula is C29H28O4. The van der Waals surface area contributed by atoms with Crippen molar-refractivity contribution in [3.8, 4) is 23.0 Å². The van der Waals surface area contributed by atoms with Gasteiger partial charge in [0.1, 0.15) is 41.3 Å². The van der Waals surface area contributed by atoms with Crippen LogP contribution in [0, 0.1) is 0 Å². The molecule has 0 fully saturated rings. The fraction of sp³-hybridized carbons (Fsp3) is 0.241.